The average Bonchev–Trinajstić information content (AvgIpc) is 2.64. The van der Waals surface area contributed by atoms with Crippen LogP contribution in [0.5, 0.6) is 5.75 Å². The SMILES string of the molecule is CCNC(=NCCc1ccncc1C)NCCc1ccc(OC)cc1.I. The molecule has 26 heavy (non-hydrogen) atoms. The van der Waals surface area contributed by atoms with Crippen molar-refractivity contribution in [1.29, 1.82) is 0 Å². The zero-order valence-electron chi connectivity index (χ0n) is 15.8. The van der Waals surface area contributed by atoms with E-state index in [0.29, 0.717) is 0 Å². The van der Waals surface area contributed by atoms with Crippen LogP contribution in [0.2, 0.25) is 0 Å². The number of ether oxygens (including phenoxy) is 1. The Kier molecular flexibility index (Phi) is 10.7. The Balaban J connectivity index is 0.00000338. The lowest BCUT2D eigenvalue weighted by atomic mass is 10.1. The molecule has 0 radical (unpaired) electrons. The Labute approximate surface area is 173 Å². The van der Waals surface area contributed by atoms with E-state index < -0.39 is 0 Å². The van der Waals surface area contributed by atoms with Crippen LogP contribution in [-0.4, -0.2) is 37.7 Å². The van der Waals surface area contributed by atoms with E-state index in [1.54, 1.807) is 7.11 Å². The number of halogens is 1. The summed E-state index contributed by atoms with van der Waals surface area (Å²) in [6, 6.07) is 10.2. The van der Waals surface area contributed by atoms with Crippen molar-refractivity contribution in [3.8, 4) is 5.75 Å². The smallest absolute Gasteiger partial charge is 0.191 e. The molecule has 0 aliphatic heterocycles. The monoisotopic (exact) mass is 468 g/mol. The van der Waals surface area contributed by atoms with Gasteiger partial charge in [0, 0.05) is 32.0 Å². The Hall–Kier alpha value is -1.83. The number of hydrogen-bond acceptors (Lipinski definition) is 3. The van der Waals surface area contributed by atoms with Gasteiger partial charge in [-0.1, -0.05) is 12.1 Å². The molecular weight excluding hydrogens is 439 g/mol. The first kappa shape index (κ1) is 22.2. The molecule has 0 atom stereocenters. The van der Waals surface area contributed by atoms with Crippen LogP contribution in [0.15, 0.2) is 47.7 Å². The molecule has 5 nitrogen and oxygen atoms in total. The van der Waals surface area contributed by atoms with Crippen LogP contribution in [-0.2, 0) is 12.8 Å². The van der Waals surface area contributed by atoms with Crippen LogP contribution in [0.4, 0.5) is 0 Å². The van der Waals surface area contributed by atoms with Crippen LogP contribution in [0, 0.1) is 6.92 Å². The highest BCUT2D eigenvalue weighted by Crippen LogP contribution is 2.11. The molecule has 0 spiro atoms. The normalized spacial score (nSPS) is 10.8. The number of guanidine groups is 1. The summed E-state index contributed by atoms with van der Waals surface area (Å²) in [6.45, 7) is 6.61. The van der Waals surface area contributed by atoms with Crippen LogP contribution in [0.3, 0.4) is 0 Å². The number of benzene rings is 1. The molecule has 1 aromatic heterocycles. The maximum atomic E-state index is 5.18. The van der Waals surface area contributed by atoms with Gasteiger partial charge in [-0.3, -0.25) is 9.98 Å². The van der Waals surface area contributed by atoms with Gasteiger partial charge in [0.1, 0.15) is 5.75 Å². The van der Waals surface area contributed by atoms with E-state index >= 15 is 0 Å². The number of methoxy groups -OCH3 is 1. The van der Waals surface area contributed by atoms with Crippen molar-refractivity contribution < 1.29 is 4.74 Å². The fourth-order valence-corrected chi connectivity index (χ4v) is 2.53. The maximum Gasteiger partial charge on any atom is 0.191 e. The lowest BCUT2D eigenvalue weighted by Crippen LogP contribution is -2.38. The summed E-state index contributed by atoms with van der Waals surface area (Å²) in [4.78, 5) is 8.79. The largest absolute Gasteiger partial charge is 0.497 e. The lowest BCUT2D eigenvalue weighted by Gasteiger charge is -2.12. The molecule has 0 unspecified atom stereocenters. The third kappa shape index (κ3) is 7.59. The van der Waals surface area contributed by atoms with E-state index in [-0.39, 0.29) is 24.0 Å². The summed E-state index contributed by atoms with van der Waals surface area (Å²) in [6.07, 6.45) is 5.60. The molecule has 0 aliphatic carbocycles. The van der Waals surface area contributed by atoms with Gasteiger partial charge in [-0.15, -0.1) is 24.0 Å². The first-order valence-electron chi connectivity index (χ1n) is 8.77. The van der Waals surface area contributed by atoms with Gasteiger partial charge in [-0.05, 0) is 61.6 Å². The second kappa shape index (κ2) is 12.5. The Bertz CT molecular complexity index is 674. The van der Waals surface area contributed by atoms with Crippen molar-refractivity contribution in [2.24, 2.45) is 4.99 Å². The number of hydrogen-bond donors (Lipinski definition) is 2. The molecule has 2 N–H and O–H groups in total. The highest BCUT2D eigenvalue weighted by atomic mass is 127. The zero-order valence-corrected chi connectivity index (χ0v) is 18.1. The number of nitrogens with one attached hydrogen (secondary N) is 2. The van der Waals surface area contributed by atoms with E-state index in [2.05, 4.69) is 52.7 Å². The van der Waals surface area contributed by atoms with Gasteiger partial charge in [-0.25, -0.2) is 0 Å². The van der Waals surface area contributed by atoms with Crippen LogP contribution in [0.1, 0.15) is 23.6 Å². The highest BCUT2D eigenvalue weighted by molar-refractivity contribution is 14.0. The summed E-state index contributed by atoms with van der Waals surface area (Å²) >= 11 is 0. The summed E-state index contributed by atoms with van der Waals surface area (Å²) in [7, 11) is 1.68. The van der Waals surface area contributed by atoms with Gasteiger partial charge in [-0.2, -0.15) is 0 Å². The molecule has 0 saturated heterocycles. The van der Waals surface area contributed by atoms with Gasteiger partial charge in [0.15, 0.2) is 5.96 Å². The first-order chi connectivity index (χ1) is 12.2. The number of aliphatic imine (C=N–C) groups is 1. The van der Waals surface area contributed by atoms with Crippen LogP contribution < -0.4 is 15.4 Å². The molecule has 0 bridgehead atoms. The van der Waals surface area contributed by atoms with Gasteiger partial charge < -0.3 is 15.4 Å². The molecule has 0 amide bonds. The summed E-state index contributed by atoms with van der Waals surface area (Å²) in [5.74, 6) is 1.75. The Morgan fingerprint density at radius 1 is 1.12 bits per heavy atom. The van der Waals surface area contributed by atoms with Crippen LogP contribution in [0.25, 0.3) is 0 Å². The fourth-order valence-electron chi connectivity index (χ4n) is 2.53. The molecule has 142 valence electrons. The molecule has 1 heterocycles. The molecule has 1 aromatic carbocycles. The highest BCUT2D eigenvalue weighted by Gasteiger charge is 2.00. The molecule has 6 heteroatoms. The summed E-state index contributed by atoms with van der Waals surface area (Å²) in [5.41, 5.74) is 3.79. The second-order valence-corrected chi connectivity index (χ2v) is 5.84. The predicted octanol–water partition coefficient (Wildman–Crippen LogP) is 3.36. The van der Waals surface area contributed by atoms with Gasteiger partial charge in [0.05, 0.1) is 7.11 Å². The quantitative estimate of drug-likeness (QED) is 0.355. The molecule has 2 aromatic rings. The van der Waals surface area contributed by atoms with Crippen molar-refractivity contribution >= 4 is 29.9 Å². The zero-order chi connectivity index (χ0) is 17.9. The van der Waals surface area contributed by atoms with Crippen molar-refractivity contribution in [3.05, 3.63) is 59.4 Å². The topological polar surface area (TPSA) is 58.5 Å². The average molecular weight is 468 g/mol. The van der Waals surface area contributed by atoms with Crippen LogP contribution >= 0.6 is 24.0 Å². The van der Waals surface area contributed by atoms with E-state index in [1.807, 2.05) is 24.5 Å². The summed E-state index contributed by atoms with van der Waals surface area (Å²) in [5, 5.41) is 6.69. The minimum atomic E-state index is 0. The van der Waals surface area contributed by atoms with E-state index in [4.69, 9.17) is 4.74 Å². The third-order valence-electron chi connectivity index (χ3n) is 4.00. The Morgan fingerprint density at radius 3 is 2.54 bits per heavy atom. The number of rotatable bonds is 8. The van der Waals surface area contributed by atoms with E-state index in [9.17, 15) is 0 Å². The van der Waals surface area contributed by atoms with Gasteiger partial charge >= 0.3 is 0 Å². The maximum absolute atomic E-state index is 5.18. The standard InChI is InChI=1S/C20H28N4O.HI/c1-4-22-20(24-14-11-18-10-12-21-15-16(18)2)23-13-9-17-5-7-19(25-3)8-6-17;/h5-8,10,12,15H,4,9,11,13-14H2,1-3H3,(H2,22,23,24);1H. The van der Waals surface area contributed by atoms with Crippen molar-refractivity contribution in [2.45, 2.75) is 26.7 Å². The number of aromatic nitrogens is 1. The number of nitrogens with zero attached hydrogens (tertiary/aromatic N) is 2. The van der Waals surface area contributed by atoms with Crippen molar-refractivity contribution in [2.75, 3.05) is 26.7 Å². The molecule has 2 rings (SSSR count). The predicted molar refractivity (Wildman–Crippen MR) is 119 cm³/mol. The van der Waals surface area contributed by atoms with E-state index in [0.717, 1.165) is 44.2 Å². The van der Waals surface area contributed by atoms with Gasteiger partial charge in [0.25, 0.3) is 0 Å². The Morgan fingerprint density at radius 2 is 1.88 bits per heavy atom. The fraction of sp³-hybridized carbons (Fsp3) is 0.400. The van der Waals surface area contributed by atoms with Crippen molar-refractivity contribution in [1.82, 2.24) is 15.6 Å². The van der Waals surface area contributed by atoms with Gasteiger partial charge in [0.2, 0.25) is 0 Å². The number of aryl methyl sites for hydroxylation is 1. The van der Waals surface area contributed by atoms with Crippen molar-refractivity contribution in [3.63, 3.8) is 0 Å². The molecule has 0 aliphatic rings. The molecular formula is C20H29IN4O. The lowest BCUT2D eigenvalue weighted by molar-refractivity contribution is 0.414. The second-order valence-electron chi connectivity index (χ2n) is 5.84. The molecule has 0 saturated carbocycles. The van der Waals surface area contributed by atoms with E-state index in [1.165, 1.54) is 16.7 Å². The number of pyridine rings is 1. The third-order valence-corrected chi connectivity index (χ3v) is 4.00. The minimum absolute atomic E-state index is 0. The molecule has 0 fully saturated rings. The summed E-state index contributed by atoms with van der Waals surface area (Å²) < 4.78 is 5.18. The minimum Gasteiger partial charge on any atom is -0.497 e. The first-order valence-corrected chi connectivity index (χ1v) is 8.77.